The Hall–Kier alpha value is -1.92. The molecule has 2 N–H and O–H groups in total. The minimum atomic E-state index is -0.181. The number of carbonyl (C=O) groups excluding carboxylic acids is 2. The van der Waals surface area contributed by atoms with Crippen LogP contribution >= 0.6 is 0 Å². The molecule has 2 aliphatic heterocycles. The summed E-state index contributed by atoms with van der Waals surface area (Å²) in [5, 5.41) is 6.22. The van der Waals surface area contributed by atoms with Crippen LogP contribution in [0.5, 0.6) is 0 Å². The number of aryl methyl sites for hydroxylation is 2. The maximum atomic E-state index is 13.1. The standard InChI is InChI=1S/C25H37N3O3/c1-17(2)14-28-15-20(24(29)26-13-23-7-4-10-31-23)11-21(16-28)25(30)27-22-9-8-18-5-3-6-19(18)12-22/h8-9,12,17,20-21,23H,3-7,10-11,13-16H2,1-2H3,(H,26,29)(H,27,30)/t20-,21+,23?/m0/s1. The molecule has 0 bridgehead atoms. The predicted octanol–water partition coefficient (Wildman–Crippen LogP) is 3.00. The van der Waals surface area contributed by atoms with Crippen LogP contribution in [0.4, 0.5) is 5.69 Å². The highest BCUT2D eigenvalue weighted by molar-refractivity contribution is 5.93. The van der Waals surface area contributed by atoms with E-state index in [0.717, 1.165) is 51.1 Å². The van der Waals surface area contributed by atoms with Gasteiger partial charge in [0, 0.05) is 38.5 Å². The number of nitrogens with one attached hydrogen (secondary N) is 2. The van der Waals surface area contributed by atoms with Gasteiger partial charge in [0.15, 0.2) is 0 Å². The maximum Gasteiger partial charge on any atom is 0.228 e. The van der Waals surface area contributed by atoms with Crippen molar-refractivity contribution in [2.24, 2.45) is 17.8 Å². The molecule has 170 valence electrons. The van der Waals surface area contributed by atoms with Crippen LogP contribution in [0, 0.1) is 17.8 Å². The fraction of sp³-hybridized carbons (Fsp3) is 0.680. The molecule has 0 radical (unpaired) electrons. The summed E-state index contributed by atoms with van der Waals surface area (Å²) in [5.41, 5.74) is 3.64. The van der Waals surface area contributed by atoms with Crippen molar-refractivity contribution < 1.29 is 14.3 Å². The Morgan fingerprint density at radius 3 is 2.61 bits per heavy atom. The zero-order valence-electron chi connectivity index (χ0n) is 19.0. The summed E-state index contributed by atoms with van der Waals surface area (Å²) in [6.45, 7) is 8.06. The third kappa shape index (κ3) is 5.86. The highest BCUT2D eigenvalue weighted by Gasteiger charge is 2.35. The molecule has 2 saturated heterocycles. The van der Waals surface area contributed by atoms with Gasteiger partial charge in [0.2, 0.25) is 11.8 Å². The Bertz CT molecular complexity index is 788. The number of amides is 2. The number of piperidine rings is 1. The summed E-state index contributed by atoms with van der Waals surface area (Å²) in [7, 11) is 0. The van der Waals surface area contributed by atoms with Gasteiger partial charge in [-0.1, -0.05) is 19.9 Å². The molecule has 0 spiro atoms. The molecule has 1 unspecified atom stereocenters. The highest BCUT2D eigenvalue weighted by atomic mass is 16.5. The van der Waals surface area contributed by atoms with Crippen LogP contribution in [-0.2, 0) is 27.2 Å². The number of hydrogen-bond acceptors (Lipinski definition) is 4. The normalized spacial score (nSPS) is 26.1. The smallest absolute Gasteiger partial charge is 0.228 e. The Morgan fingerprint density at radius 2 is 1.87 bits per heavy atom. The Morgan fingerprint density at radius 1 is 1.10 bits per heavy atom. The number of rotatable bonds is 7. The first kappa shape index (κ1) is 22.3. The van der Waals surface area contributed by atoms with Crippen molar-refractivity contribution in [2.75, 3.05) is 38.1 Å². The summed E-state index contributed by atoms with van der Waals surface area (Å²) in [6.07, 6.45) is 6.24. The van der Waals surface area contributed by atoms with Gasteiger partial charge < -0.3 is 20.3 Å². The SMILES string of the molecule is CC(C)CN1C[C@@H](C(=O)NCC2CCCO2)C[C@@H](C(=O)Nc2ccc3c(c2)CCC3)C1. The van der Waals surface area contributed by atoms with Crippen LogP contribution < -0.4 is 10.6 Å². The molecule has 1 aromatic rings. The number of anilines is 1. The number of benzene rings is 1. The largest absolute Gasteiger partial charge is 0.376 e. The van der Waals surface area contributed by atoms with Crippen LogP contribution in [0.2, 0.25) is 0 Å². The van der Waals surface area contributed by atoms with Crippen molar-refractivity contribution in [2.45, 2.75) is 58.5 Å². The molecule has 4 rings (SSSR count). The second kappa shape index (κ2) is 10.1. The quantitative estimate of drug-likeness (QED) is 0.702. The van der Waals surface area contributed by atoms with E-state index >= 15 is 0 Å². The molecule has 1 aromatic carbocycles. The van der Waals surface area contributed by atoms with Gasteiger partial charge in [0.25, 0.3) is 0 Å². The van der Waals surface area contributed by atoms with E-state index in [1.807, 2.05) is 6.07 Å². The van der Waals surface area contributed by atoms with Gasteiger partial charge in [0.05, 0.1) is 17.9 Å². The molecule has 31 heavy (non-hydrogen) atoms. The zero-order chi connectivity index (χ0) is 21.8. The van der Waals surface area contributed by atoms with E-state index in [1.54, 1.807) is 0 Å². The molecule has 1 aliphatic carbocycles. The average Bonchev–Trinajstić information content (AvgIpc) is 3.42. The molecule has 0 saturated carbocycles. The zero-order valence-corrected chi connectivity index (χ0v) is 19.0. The minimum absolute atomic E-state index is 0.0309. The van der Waals surface area contributed by atoms with Crippen molar-refractivity contribution in [3.05, 3.63) is 29.3 Å². The first-order valence-electron chi connectivity index (χ1n) is 12.0. The molecule has 2 heterocycles. The number of likely N-dealkylation sites (tertiary alicyclic amines) is 1. The average molecular weight is 428 g/mol. The monoisotopic (exact) mass is 427 g/mol. The molecule has 2 fully saturated rings. The fourth-order valence-electron chi connectivity index (χ4n) is 5.29. The second-order valence-electron chi connectivity index (χ2n) is 9.95. The third-order valence-electron chi connectivity index (χ3n) is 6.79. The van der Waals surface area contributed by atoms with Gasteiger partial charge in [-0.2, -0.15) is 0 Å². The summed E-state index contributed by atoms with van der Waals surface area (Å²) < 4.78 is 5.63. The fourth-order valence-corrected chi connectivity index (χ4v) is 5.29. The predicted molar refractivity (Wildman–Crippen MR) is 122 cm³/mol. The molecule has 6 heteroatoms. The van der Waals surface area contributed by atoms with E-state index in [4.69, 9.17) is 4.74 Å². The molecular weight excluding hydrogens is 390 g/mol. The lowest BCUT2D eigenvalue weighted by Crippen LogP contribution is -2.50. The van der Waals surface area contributed by atoms with Crippen LogP contribution in [0.3, 0.4) is 0 Å². The third-order valence-corrected chi connectivity index (χ3v) is 6.79. The van der Waals surface area contributed by atoms with Crippen LogP contribution in [0.15, 0.2) is 18.2 Å². The van der Waals surface area contributed by atoms with Gasteiger partial charge in [-0.15, -0.1) is 0 Å². The van der Waals surface area contributed by atoms with Crippen molar-refractivity contribution in [1.82, 2.24) is 10.2 Å². The summed E-state index contributed by atoms with van der Waals surface area (Å²) in [5.74, 6) is 0.237. The Kier molecular flexibility index (Phi) is 7.28. The van der Waals surface area contributed by atoms with E-state index in [0.29, 0.717) is 25.4 Å². The Balaban J connectivity index is 1.38. The molecule has 2 amide bonds. The molecule has 0 aromatic heterocycles. The van der Waals surface area contributed by atoms with Crippen molar-refractivity contribution in [3.63, 3.8) is 0 Å². The van der Waals surface area contributed by atoms with Gasteiger partial charge in [-0.3, -0.25) is 9.59 Å². The minimum Gasteiger partial charge on any atom is -0.376 e. The molecule has 6 nitrogen and oxygen atoms in total. The van der Waals surface area contributed by atoms with Gasteiger partial charge in [-0.05, 0) is 67.7 Å². The Labute approximate surface area is 186 Å². The van der Waals surface area contributed by atoms with Crippen molar-refractivity contribution in [3.8, 4) is 0 Å². The van der Waals surface area contributed by atoms with Gasteiger partial charge in [0.1, 0.15) is 0 Å². The maximum absolute atomic E-state index is 13.1. The first-order valence-corrected chi connectivity index (χ1v) is 12.0. The van der Waals surface area contributed by atoms with Crippen molar-refractivity contribution >= 4 is 17.5 Å². The number of fused-ring (bicyclic) bond motifs is 1. The van der Waals surface area contributed by atoms with E-state index in [-0.39, 0.29) is 29.8 Å². The summed E-state index contributed by atoms with van der Waals surface area (Å²) in [6, 6.07) is 6.29. The highest BCUT2D eigenvalue weighted by Crippen LogP contribution is 2.27. The lowest BCUT2D eigenvalue weighted by atomic mass is 9.87. The molecular formula is C25H37N3O3. The molecule has 3 aliphatic rings. The van der Waals surface area contributed by atoms with Crippen LogP contribution in [0.1, 0.15) is 50.7 Å². The lowest BCUT2D eigenvalue weighted by Gasteiger charge is -2.37. The van der Waals surface area contributed by atoms with E-state index in [2.05, 4.69) is 41.5 Å². The number of nitrogens with zero attached hydrogens (tertiary/aromatic N) is 1. The number of carbonyl (C=O) groups is 2. The van der Waals surface area contributed by atoms with Crippen molar-refractivity contribution in [1.29, 1.82) is 0 Å². The summed E-state index contributed by atoms with van der Waals surface area (Å²) in [4.78, 5) is 28.3. The van der Waals surface area contributed by atoms with Crippen LogP contribution in [0.25, 0.3) is 0 Å². The van der Waals surface area contributed by atoms with E-state index < -0.39 is 0 Å². The van der Waals surface area contributed by atoms with E-state index in [9.17, 15) is 9.59 Å². The number of hydrogen-bond donors (Lipinski definition) is 2. The van der Waals surface area contributed by atoms with Gasteiger partial charge in [-0.25, -0.2) is 0 Å². The first-order chi connectivity index (χ1) is 15.0. The van der Waals surface area contributed by atoms with E-state index in [1.165, 1.54) is 17.5 Å². The van der Waals surface area contributed by atoms with Crippen LogP contribution in [-0.4, -0.2) is 55.6 Å². The topological polar surface area (TPSA) is 70.7 Å². The lowest BCUT2D eigenvalue weighted by molar-refractivity contribution is -0.130. The molecule has 3 atom stereocenters. The summed E-state index contributed by atoms with van der Waals surface area (Å²) >= 11 is 0. The van der Waals surface area contributed by atoms with Gasteiger partial charge >= 0.3 is 0 Å². The number of ether oxygens (including phenoxy) is 1. The second-order valence-corrected chi connectivity index (χ2v) is 9.95.